The van der Waals surface area contributed by atoms with Gasteiger partial charge in [0.15, 0.2) is 0 Å². The van der Waals surface area contributed by atoms with Gasteiger partial charge in [0.05, 0.1) is 22.2 Å². The molecule has 3 heterocycles. The average molecular weight is 638 g/mol. The molecule has 8 aromatic carbocycles. The van der Waals surface area contributed by atoms with Crippen LogP contribution in [0.1, 0.15) is 0 Å². The molecular formula is C46H27N3O. The van der Waals surface area contributed by atoms with E-state index in [4.69, 9.17) is 14.4 Å². The number of fused-ring (bicyclic) bond motifs is 10. The van der Waals surface area contributed by atoms with E-state index in [0.29, 0.717) is 5.95 Å². The zero-order valence-electron chi connectivity index (χ0n) is 26.8. The SMILES string of the molecule is c1ccc2cc(-c3nc(-n4c5ccccc5c5ccc6ccc(-c7ccc8oc9ccccc9c8c7)cc6c54)nc4ccccc34)ccc2c1. The van der Waals surface area contributed by atoms with Gasteiger partial charge in [-0.15, -0.1) is 0 Å². The van der Waals surface area contributed by atoms with Crippen molar-refractivity contribution in [2.45, 2.75) is 0 Å². The fraction of sp³-hybridized carbons (Fsp3) is 0. The first kappa shape index (κ1) is 27.2. The fourth-order valence-corrected chi connectivity index (χ4v) is 7.79. The number of aromatic nitrogens is 3. The molecule has 0 saturated carbocycles. The number of nitrogens with zero attached hydrogens (tertiary/aromatic N) is 3. The summed E-state index contributed by atoms with van der Waals surface area (Å²) in [6.07, 6.45) is 0. The highest BCUT2D eigenvalue weighted by Crippen LogP contribution is 2.40. The number of hydrogen-bond acceptors (Lipinski definition) is 3. The molecule has 0 N–H and O–H groups in total. The Morgan fingerprint density at radius 2 is 1.06 bits per heavy atom. The summed E-state index contributed by atoms with van der Waals surface area (Å²) in [6, 6.07) is 58.0. The third-order valence-corrected chi connectivity index (χ3v) is 10.2. The van der Waals surface area contributed by atoms with Crippen molar-refractivity contribution in [1.82, 2.24) is 14.5 Å². The highest BCUT2D eigenvalue weighted by atomic mass is 16.3. The lowest BCUT2D eigenvalue weighted by molar-refractivity contribution is 0.669. The number of hydrogen-bond donors (Lipinski definition) is 0. The maximum Gasteiger partial charge on any atom is 0.235 e. The van der Waals surface area contributed by atoms with Crippen molar-refractivity contribution in [3.05, 3.63) is 164 Å². The van der Waals surface area contributed by atoms with E-state index in [0.717, 1.165) is 77.0 Å². The maximum atomic E-state index is 6.15. The Morgan fingerprint density at radius 3 is 1.98 bits per heavy atom. The number of para-hydroxylation sites is 3. The van der Waals surface area contributed by atoms with E-state index in [1.54, 1.807) is 0 Å². The van der Waals surface area contributed by atoms with Crippen LogP contribution in [0.15, 0.2) is 168 Å². The van der Waals surface area contributed by atoms with E-state index in [2.05, 4.69) is 156 Å². The van der Waals surface area contributed by atoms with E-state index >= 15 is 0 Å². The third kappa shape index (κ3) is 3.99. The monoisotopic (exact) mass is 637 g/mol. The smallest absolute Gasteiger partial charge is 0.235 e. The number of rotatable bonds is 3. The zero-order valence-corrected chi connectivity index (χ0v) is 26.8. The van der Waals surface area contributed by atoms with Crippen LogP contribution in [0.4, 0.5) is 0 Å². The number of benzene rings is 8. The molecule has 0 amide bonds. The van der Waals surface area contributed by atoms with Crippen molar-refractivity contribution >= 4 is 76.2 Å². The first-order valence-electron chi connectivity index (χ1n) is 16.9. The molecule has 0 aliphatic carbocycles. The summed E-state index contributed by atoms with van der Waals surface area (Å²) in [5, 5.41) is 10.3. The molecule has 0 fully saturated rings. The summed E-state index contributed by atoms with van der Waals surface area (Å²) in [5.41, 5.74) is 9.16. The summed E-state index contributed by atoms with van der Waals surface area (Å²) in [4.78, 5) is 10.7. The second kappa shape index (κ2) is 10.4. The van der Waals surface area contributed by atoms with Crippen LogP contribution >= 0.6 is 0 Å². The van der Waals surface area contributed by atoms with Crippen molar-refractivity contribution < 1.29 is 4.42 Å². The van der Waals surface area contributed by atoms with Gasteiger partial charge in [0.1, 0.15) is 11.2 Å². The van der Waals surface area contributed by atoms with Gasteiger partial charge in [0.25, 0.3) is 0 Å². The zero-order chi connectivity index (χ0) is 32.8. The van der Waals surface area contributed by atoms with Crippen LogP contribution < -0.4 is 0 Å². The van der Waals surface area contributed by atoms with Gasteiger partial charge in [0.2, 0.25) is 5.95 Å². The second-order valence-electron chi connectivity index (χ2n) is 13.0. The molecule has 11 rings (SSSR count). The lowest BCUT2D eigenvalue weighted by Crippen LogP contribution is -2.03. The second-order valence-corrected chi connectivity index (χ2v) is 13.0. The van der Waals surface area contributed by atoms with E-state index in [-0.39, 0.29) is 0 Å². The molecule has 3 aromatic heterocycles. The van der Waals surface area contributed by atoms with Crippen LogP contribution in [0.2, 0.25) is 0 Å². The number of furan rings is 1. The fourth-order valence-electron chi connectivity index (χ4n) is 7.79. The van der Waals surface area contributed by atoms with Gasteiger partial charge in [-0.05, 0) is 69.8 Å². The van der Waals surface area contributed by atoms with Crippen LogP contribution in [0.3, 0.4) is 0 Å². The molecule has 232 valence electrons. The molecule has 0 atom stereocenters. The van der Waals surface area contributed by atoms with E-state index in [1.807, 2.05) is 12.1 Å². The van der Waals surface area contributed by atoms with Gasteiger partial charge in [-0.3, -0.25) is 4.57 Å². The minimum atomic E-state index is 0.655. The topological polar surface area (TPSA) is 43.9 Å². The molecule has 0 bridgehead atoms. The van der Waals surface area contributed by atoms with Gasteiger partial charge in [0, 0.05) is 37.9 Å². The molecule has 0 radical (unpaired) electrons. The Balaban J connectivity index is 1.19. The summed E-state index contributed by atoms with van der Waals surface area (Å²) in [6.45, 7) is 0. The molecule has 50 heavy (non-hydrogen) atoms. The lowest BCUT2D eigenvalue weighted by Gasteiger charge is -2.13. The van der Waals surface area contributed by atoms with Crippen molar-refractivity contribution in [3.63, 3.8) is 0 Å². The highest BCUT2D eigenvalue weighted by molar-refractivity contribution is 6.19. The van der Waals surface area contributed by atoms with Crippen LogP contribution in [0, 0.1) is 0 Å². The third-order valence-electron chi connectivity index (χ3n) is 10.2. The minimum absolute atomic E-state index is 0.655. The van der Waals surface area contributed by atoms with Gasteiger partial charge < -0.3 is 4.42 Å². The first-order valence-corrected chi connectivity index (χ1v) is 16.9. The van der Waals surface area contributed by atoms with E-state index < -0.39 is 0 Å². The lowest BCUT2D eigenvalue weighted by atomic mass is 9.98. The first-order chi connectivity index (χ1) is 24.8. The van der Waals surface area contributed by atoms with Crippen LogP contribution in [0.5, 0.6) is 0 Å². The van der Waals surface area contributed by atoms with Crippen molar-refractivity contribution in [3.8, 4) is 28.3 Å². The Bertz CT molecular complexity index is 3170. The summed E-state index contributed by atoms with van der Waals surface area (Å²) < 4.78 is 8.41. The Labute approximate surface area is 286 Å². The Morgan fingerprint density at radius 1 is 0.400 bits per heavy atom. The minimum Gasteiger partial charge on any atom is -0.456 e. The highest BCUT2D eigenvalue weighted by Gasteiger charge is 2.20. The largest absolute Gasteiger partial charge is 0.456 e. The molecule has 0 spiro atoms. The van der Waals surface area contributed by atoms with E-state index in [9.17, 15) is 0 Å². The van der Waals surface area contributed by atoms with Crippen LogP contribution in [-0.4, -0.2) is 14.5 Å². The predicted octanol–water partition coefficient (Wildman–Crippen LogP) is 12.3. The van der Waals surface area contributed by atoms with Gasteiger partial charge in [-0.25, -0.2) is 9.97 Å². The van der Waals surface area contributed by atoms with E-state index in [1.165, 1.54) is 21.5 Å². The summed E-state index contributed by atoms with van der Waals surface area (Å²) in [5.74, 6) is 0.655. The quantitative estimate of drug-likeness (QED) is 0.194. The van der Waals surface area contributed by atoms with Crippen LogP contribution in [-0.2, 0) is 0 Å². The summed E-state index contributed by atoms with van der Waals surface area (Å²) in [7, 11) is 0. The van der Waals surface area contributed by atoms with Crippen LogP contribution in [0.25, 0.3) is 105 Å². The van der Waals surface area contributed by atoms with Gasteiger partial charge in [-0.2, -0.15) is 0 Å². The average Bonchev–Trinajstić information content (AvgIpc) is 3.73. The molecule has 4 nitrogen and oxygen atoms in total. The maximum absolute atomic E-state index is 6.15. The Kier molecular flexibility index (Phi) is 5.63. The Hall–Kier alpha value is -6.78. The molecule has 0 unspecified atom stereocenters. The molecule has 0 saturated heterocycles. The molecular weight excluding hydrogens is 611 g/mol. The molecule has 0 aliphatic heterocycles. The molecule has 0 aliphatic rings. The van der Waals surface area contributed by atoms with Crippen molar-refractivity contribution in [1.29, 1.82) is 0 Å². The normalized spacial score (nSPS) is 12.0. The van der Waals surface area contributed by atoms with Gasteiger partial charge in [-0.1, -0.05) is 121 Å². The standard InChI is InChI=1S/C46H27N3O/c1-2-10-30-25-33(20-17-28(30)9-1)44-37-13-3-6-14-40(37)47-46(48-44)49-41-15-7-4-11-34(41)36-23-21-29-18-19-31(26-38(29)45(36)49)32-22-24-43-39(27-32)35-12-5-8-16-42(35)50-43/h1-27H. The van der Waals surface area contributed by atoms with Gasteiger partial charge >= 0.3 is 0 Å². The van der Waals surface area contributed by atoms with Crippen molar-refractivity contribution in [2.24, 2.45) is 0 Å². The summed E-state index contributed by atoms with van der Waals surface area (Å²) >= 11 is 0. The molecule has 4 heteroatoms. The molecule has 11 aromatic rings. The van der Waals surface area contributed by atoms with Crippen molar-refractivity contribution in [2.75, 3.05) is 0 Å². The predicted molar refractivity (Wildman–Crippen MR) is 207 cm³/mol.